The molecule has 0 atom stereocenters. The Hall–Kier alpha value is -3.12. The van der Waals surface area contributed by atoms with Gasteiger partial charge in [0, 0.05) is 9.79 Å². The number of carbonyl (C=O) groups is 2. The zero-order valence-corrected chi connectivity index (χ0v) is 14.9. The third kappa shape index (κ3) is 3.44. The Bertz CT molecular complexity index is 992. The highest BCUT2D eigenvalue weighted by Gasteiger charge is 2.28. The van der Waals surface area contributed by atoms with Crippen LogP contribution in [0.2, 0.25) is 0 Å². The van der Waals surface area contributed by atoms with Gasteiger partial charge in [0.2, 0.25) is 0 Å². The van der Waals surface area contributed by atoms with E-state index in [0.717, 1.165) is 27.2 Å². The minimum absolute atomic E-state index is 0.0674. The summed E-state index contributed by atoms with van der Waals surface area (Å²) in [7, 11) is 0. The smallest absolute Gasteiger partial charge is 0.338 e. The second kappa shape index (κ2) is 7.25. The lowest BCUT2D eigenvalue weighted by Gasteiger charge is -2.30. The molecule has 0 unspecified atom stereocenters. The van der Waals surface area contributed by atoms with Crippen molar-refractivity contribution in [3.63, 3.8) is 0 Å². The van der Waals surface area contributed by atoms with E-state index in [1.807, 2.05) is 48.5 Å². The van der Waals surface area contributed by atoms with Crippen LogP contribution in [0, 0.1) is 5.82 Å². The number of anilines is 2. The number of esters is 1. The topological polar surface area (TPSA) is 46.6 Å². The molecular formula is C21H14FNO3S. The van der Waals surface area contributed by atoms with Crippen LogP contribution >= 0.6 is 11.8 Å². The van der Waals surface area contributed by atoms with Crippen molar-refractivity contribution in [2.24, 2.45) is 0 Å². The quantitative estimate of drug-likeness (QED) is 0.613. The highest BCUT2D eigenvalue weighted by molar-refractivity contribution is 7.99. The second-order valence-corrected chi connectivity index (χ2v) is 6.94. The van der Waals surface area contributed by atoms with E-state index in [4.69, 9.17) is 4.74 Å². The molecule has 3 aromatic rings. The molecule has 0 bridgehead atoms. The van der Waals surface area contributed by atoms with Gasteiger partial charge in [-0.15, -0.1) is 0 Å². The van der Waals surface area contributed by atoms with Crippen LogP contribution in [0.15, 0.2) is 82.6 Å². The summed E-state index contributed by atoms with van der Waals surface area (Å²) in [4.78, 5) is 28.4. The zero-order chi connectivity index (χ0) is 18.8. The number of carbonyl (C=O) groups excluding carboxylic acids is 2. The molecule has 0 radical (unpaired) electrons. The summed E-state index contributed by atoms with van der Waals surface area (Å²) in [6.45, 7) is -0.442. The van der Waals surface area contributed by atoms with E-state index in [9.17, 15) is 14.0 Å². The molecule has 0 fully saturated rings. The van der Waals surface area contributed by atoms with E-state index in [-0.39, 0.29) is 11.5 Å². The van der Waals surface area contributed by atoms with Crippen LogP contribution in [0.5, 0.6) is 0 Å². The fourth-order valence-electron chi connectivity index (χ4n) is 2.86. The summed E-state index contributed by atoms with van der Waals surface area (Å²) in [5.74, 6) is -1.65. The van der Waals surface area contributed by atoms with E-state index in [2.05, 4.69) is 0 Å². The Balaban J connectivity index is 1.58. The molecule has 1 heterocycles. The van der Waals surface area contributed by atoms with Gasteiger partial charge >= 0.3 is 5.97 Å². The number of ether oxygens (including phenoxy) is 1. The van der Waals surface area contributed by atoms with Gasteiger partial charge in [-0.2, -0.15) is 0 Å². The molecule has 0 saturated heterocycles. The van der Waals surface area contributed by atoms with Gasteiger partial charge in [0.15, 0.2) is 6.61 Å². The van der Waals surface area contributed by atoms with Crippen molar-refractivity contribution < 1.29 is 18.7 Å². The third-order valence-electron chi connectivity index (χ3n) is 4.07. The lowest BCUT2D eigenvalue weighted by Crippen LogP contribution is -2.32. The molecule has 1 amide bonds. The van der Waals surface area contributed by atoms with Crippen molar-refractivity contribution >= 4 is 35.0 Å². The van der Waals surface area contributed by atoms with Crippen LogP contribution in [0.3, 0.4) is 0 Å². The van der Waals surface area contributed by atoms with E-state index in [1.165, 1.54) is 18.2 Å². The van der Waals surface area contributed by atoms with Crippen LogP contribution in [0.25, 0.3) is 0 Å². The summed E-state index contributed by atoms with van der Waals surface area (Å²) in [5.41, 5.74) is 1.55. The number of benzene rings is 3. The molecule has 4 nitrogen and oxygen atoms in total. The maximum absolute atomic E-state index is 13.3. The van der Waals surface area contributed by atoms with Crippen molar-refractivity contribution in [2.45, 2.75) is 9.79 Å². The number of hydrogen-bond donors (Lipinski definition) is 0. The lowest BCUT2D eigenvalue weighted by molar-refractivity contribution is -0.121. The summed E-state index contributed by atoms with van der Waals surface area (Å²) < 4.78 is 18.4. The Morgan fingerprint density at radius 3 is 2.15 bits per heavy atom. The highest BCUT2D eigenvalue weighted by Crippen LogP contribution is 2.47. The van der Waals surface area contributed by atoms with Gasteiger partial charge in [0.05, 0.1) is 16.9 Å². The first-order valence-electron chi connectivity index (χ1n) is 8.25. The predicted octanol–water partition coefficient (Wildman–Crippen LogP) is 4.81. The van der Waals surface area contributed by atoms with Crippen molar-refractivity contribution in [1.29, 1.82) is 0 Å². The number of fused-ring (bicyclic) bond motifs is 2. The van der Waals surface area contributed by atoms with Crippen molar-refractivity contribution in [1.82, 2.24) is 0 Å². The number of halogens is 1. The fourth-order valence-corrected chi connectivity index (χ4v) is 3.92. The average molecular weight is 379 g/mol. The number of rotatable bonds is 3. The lowest BCUT2D eigenvalue weighted by atomic mass is 10.2. The van der Waals surface area contributed by atoms with Crippen molar-refractivity contribution in [2.75, 3.05) is 11.5 Å². The van der Waals surface area contributed by atoms with Gasteiger partial charge in [-0.05, 0) is 42.5 Å². The Kier molecular flexibility index (Phi) is 4.64. The standard InChI is InChI=1S/C21H14FNO3S/c22-15-7-5-6-14(12-15)21(25)26-13-20(24)23-16-8-1-3-10-18(16)27-19-11-4-2-9-17(19)23/h1-12H,13H2. The molecule has 0 aliphatic carbocycles. The van der Waals surface area contributed by atoms with Gasteiger partial charge in [-0.25, -0.2) is 9.18 Å². The minimum Gasteiger partial charge on any atom is -0.452 e. The van der Waals surface area contributed by atoms with E-state index in [1.54, 1.807) is 16.7 Å². The molecule has 0 spiro atoms. The number of hydrogen-bond acceptors (Lipinski definition) is 4. The molecular weight excluding hydrogens is 365 g/mol. The van der Waals surface area contributed by atoms with E-state index >= 15 is 0 Å². The Labute approximate surface area is 159 Å². The van der Waals surface area contributed by atoms with Crippen molar-refractivity contribution in [3.8, 4) is 0 Å². The number of nitrogens with zero attached hydrogens (tertiary/aromatic N) is 1. The monoisotopic (exact) mass is 379 g/mol. The van der Waals surface area contributed by atoms with Gasteiger partial charge in [0.1, 0.15) is 5.82 Å². The first-order valence-corrected chi connectivity index (χ1v) is 9.07. The molecule has 0 saturated carbocycles. The maximum Gasteiger partial charge on any atom is 0.338 e. The molecule has 3 aromatic carbocycles. The molecule has 6 heteroatoms. The normalized spacial score (nSPS) is 12.1. The molecule has 0 aromatic heterocycles. The second-order valence-electron chi connectivity index (χ2n) is 5.85. The van der Waals surface area contributed by atoms with Gasteiger partial charge in [-0.3, -0.25) is 9.69 Å². The van der Waals surface area contributed by atoms with Crippen LogP contribution in [-0.4, -0.2) is 18.5 Å². The first-order chi connectivity index (χ1) is 13.1. The van der Waals surface area contributed by atoms with Crippen LogP contribution in [0.1, 0.15) is 10.4 Å². The first kappa shape index (κ1) is 17.3. The highest BCUT2D eigenvalue weighted by atomic mass is 32.2. The number of amides is 1. The fraction of sp³-hybridized carbons (Fsp3) is 0.0476. The average Bonchev–Trinajstić information content (AvgIpc) is 2.70. The maximum atomic E-state index is 13.3. The van der Waals surface area contributed by atoms with Crippen LogP contribution in [-0.2, 0) is 9.53 Å². The third-order valence-corrected chi connectivity index (χ3v) is 5.20. The number of para-hydroxylation sites is 2. The Morgan fingerprint density at radius 1 is 0.889 bits per heavy atom. The molecule has 1 aliphatic rings. The minimum atomic E-state index is -0.740. The molecule has 27 heavy (non-hydrogen) atoms. The summed E-state index contributed by atoms with van der Waals surface area (Å²) in [5, 5.41) is 0. The van der Waals surface area contributed by atoms with Gasteiger partial charge in [-0.1, -0.05) is 42.1 Å². The van der Waals surface area contributed by atoms with Crippen LogP contribution < -0.4 is 4.90 Å². The summed E-state index contributed by atoms with van der Waals surface area (Å²) in [6.07, 6.45) is 0. The molecule has 134 valence electrons. The largest absolute Gasteiger partial charge is 0.452 e. The molecule has 4 rings (SSSR count). The van der Waals surface area contributed by atoms with E-state index < -0.39 is 18.4 Å². The van der Waals surface area contributed by atoms with E-state index in [0.29, 0.717) is 0 Å². The van der Waals surface area contributed by atoms with Gasteiger partial charge < -0.3 is 4.74 Å². The zero-order valence-electron chi connectivity index (χ0n) is 14.1. The van der Waals surface area contributed by atoms with Crippen LogP contribution in [0.4, 0.5) is 15.8 Å². The summed E-state index contributed by atoms with van der Waals surface area (Å²) in [6, 6.07) is 20.3. The summed E-state index contributed by atoms with van der Waals surface area (Å²) >= 11 is 1.58. The SMILES string of the molecule is O=C(OCC(=O)N1c2ccccc2Sc2ccccc21)c1cccc(F)c1. The Morgan fingerprint density at radius 2 is 1.52 bits per heavy atom. The molecule has 1 aliphatic heterocycles. The van der Waals surface area contributed by atoms with Gasteiger partial charge in [0.25, 0.3) is 5.91 Å². The predicted molar refractivity (Wildman–Crippen MR) is 101 cm³/mol. The molecule has 0 N–H and O–H groups in total. The van der Waals surface area contributed by atoms with Crippen molar-refractivity contribution in [3.05, 3.63) is 84.2 Å².